The molecule has 0 radical (unpaired) electrons. The van der Waals surface area contributed by atoms with Crippen molar-refractivity contribution in [2.45, 2.75) is 13.8 Å². The van der Waals surface area contributed by atoms with Gasteiger partial charge < -0.3 is 4.90 Å². The van der Waals surface area contributed by atoms with E-state index in [-0.39, 0.29) is 5.56 Å². The molecule has 2 aromatic rings. The molecule has 0 saturated heterocycles. The van der Waals surface area contributed by atoms with Crippen LogP contribution < -0.4 is 15.3 Å². The lowest BCUT2D eigenvalue weighted by atomic mass is 10.0. The van der Waals surface area contributed by atoms with Crippen molar-refractivity contribution in [2.75, 3.05) is 19.0 Å². The molecular weight excluding hydrogens is 384 g/mol. The molecule has 4 nitrogen and oxygen atoms in total. The first-order chi connectivity index (χ1) is 13.8. The molecule has 2 aromatic carbocycles. The molecule has 29 heavy (non-hydrogen) atoms. The van der Waals surface area contributed by atoms with Crippen molar-refractivity contribution in [3.05, 3.63) is 63.5 Å². The predicted octanol–water partition coefficient (Wildman–Crippen LogP) is 3.26. The lowest BCUT2D eigenvalue weighted by molar-refractivity contribution is 0.434. The van der Waals surface area contributed by atoms with Gasteiger partial charge in [0.1, 0.15) is 23.8 Å². The van der Waals surface area contributed by atoms with Gasteiger partial charge in [0, 0.05) is 19.8 Å². The van der Waals surface area contributed by atoms with E-state index in [1.54, 1.807) is 37.2 Å². The standard InChI is InChI=1S/C19H10F4N4.C2H6/c1-27(2)12-5-3-10(4-6-12)13(9-26)15-18(22)16(20)14(11(7-24)8-25)17(21)19(15)23;1-2/h3-6H,1-2H3;1-2H3. The first-order valence-corrected chi connectivity index (χ1v) is 8.37. The van der Waals surface area contributed by atoms with E-state index < -0.39 is 44.9 Å². The average molecular weight is 400 g/mol. The van der Waals surface area contributed by atoms with E-state index >= 15 is 0 Å². The van der Waals surface area contributed by atoms with Crippen molar-refractivity contribution in [3.8, 4) is 18.2 Å². The van der Waals surface area contributed by atoms with Gasteiger partial charge in [-0.1, -0.05) is 26.0 Å². The lowest BCUT2D eigenvalue weighted by Crippen LogP contribution is -2.31. The molecule has 2 rings (SSSR count). The first kappa shape index (κ1) is 23.2. The maximum atomic E-state index is 14.5. The van der Waals surface area contributed by atoms with E-state index in [4.69, 9.17) is 10.5 Å². The Labute approximate surface area is 165 Å². The molecule has 0 aliphatic rings. The van der Waals surface area contributed by atoms with Gasteiger partial charge in [0.15, 0.2) is 23.3 Å². The molecule has 0 fully saturated rings. The van der Waals surface area contributed by atoms with E-state index in [2.05, 4.69) is 0 Å². The molecule has 0 N–H and O–H groups in total. The van der Waals surface area contributed by atoms with E-state index in [0.29, 0.717) is 0 Å². The Hall–Kier alpha value is -3.83. The van der Waals surface area contributed by atoms with Gasteiger partial charge >= 0.3 is 0 Å². The highest BCUT2D eigenvalue weighted by Crippen LogP contribution is 2.18. The maximum absolute atomic E-state index is 14.5. The van der Waals surface area contributed by atoms with Crippen LogP contribution in [0.2, 0.25) is 0 Å². The third kappa shape index (κ3) is 4.36. The molecule has 8 heteroatoms. The van der Waals surface area contributed by atoms with Crippen LogP contribution in [0.25, 0.3) is 11.1 Å². The molecule has 0 saturated carbocycles. The van der Waals surface area contributed by atoms with Gasteiger partial charge in [0.2, 0.25) is 0 Å². The monoisotopic (exact) mass is 400 g/mol. The Morgan fingerprint density at radius 2 is 1.14 bits per heavy atom. The Bertz CT molecular complexity index is 1110. The molecule has 148 valence electrons. The molecular formula is C21H16F4N4. The largest absolute Gasteiger partial charge is 0.378 e. The van der Waals surface area contributed by atoms with E-state index in [9.17, 15) is 22.8 Å². The second kappa shape index (κ2) is 9.92. The summed E-state index contributed by atoms with van der Waals surface area (Å²) in [6, 6.07) is 9.77. The number of halogens is 4. The van der Waals surface area contributed by atoms with Crippen LogP contribution in [-0.2, 0) is 0 Å². The van der Waals surface area contributed by atoms with Crippen LogP contribution in [0.15, 0.2) is 24.3 Å². The smallest absolute Gasteiger partial charge is 0.171 e. The molecule has 0 aromatic heterocycles. The highest BCUT2D eigenvalue weighted by Gasteiger charge is 2.23. The molecule has 0 atom stereocenters. The number of benzene rings is 2. The van der Waals surface area contributed by atoms with Crippen LogP contribution >= 0.6 is 0 Å². The van der Waals surface area contributed by atoms with Gasteiger partial charge in [-0.3, -0.25) is 0 Å². The minimum atomic E-state index is -1.92. The first-order valence-electron chi connectivity index (χ1n) is 8.37. The third-order valence-corrected chi connectivity index (χ3v) is 3.77. The highest BCUT2D eigenvalue weighted by atomic mass is 19.2. The molecule has 0 aliphatic carbocycles. The van der Waals surface area contributed by atoms with Crippen LogP contribution in [0.4, 0.5) is 23.2 Å². The normalized spacial score (nSPS) is 9.28. The van der Waals surface area contributed by atoms with Crippen molar-refractivity contribution in [1.82, 2.24) is 0 Å². The predicted molar refractivity (Wildman–Crippen MR) is 100 cm³/mol. The Morgan fingerprint density at radius 1 is 0.724 bits per heavy atom. The molecule has 0 amide bonds. The Kier molecular flexibility index (Phi) is 7.94. The Balaban J connectivity index is 0.00000204. The van der Waals surface area contributed by atoms with Crippen LogP contribution in [-0.4, -0.2) is 14.1 Å². The minimum absolute atomic E-state index is 0.0391. The number of hydrogen-bond acceptors (Lipinski definition) is 4. The van der Waals surface area contributed by atoms with Gasteiger partial charge in [-0.05, 0) is 17.7 Å². The van der Waals surface area contributed by atoms with Gasteiger partial charge in [-0.2, -0.15) is 15.8 Å². The zero-order chi connectivity index (χ0) is 22.3. The van der Waals surface area contributed by atoms with Crippen molar-refractivity contribution in [3.63, 3.8) is 0 Å². The SMILES string of the molecule is CC.CN(C)c1ccc(C(C#N)=c2c(F)c(F)c(=C(C#N)C#N)c(F)c2F)cc1. The summed E-state index contributed by atoms with van der Waals surface area (Å²) in [7, 11) is 3.51. The van der Waals surface area contributed by atoms with E-state index in [1.807, 2.05) is 13.8 Å². The van der Waals surface area contributed by atoms with Crippen LogP contribution in [0.3, 0.4) is 0 Å². The molecule has 0 unspecified atom stereocenters. The molecule has 0 aliphatic heterocycles. The number of nitrogens with zero attached hydrogens (tertiary/aromatic N) is 4. The summed E-state index contributed by atoms with van der Waals surface area (Å²) in [5, 5.41) is 24.2. The molecule has 0 heterocycles. The lowest BCUT2D eigenvalue weighted by Gasteiger charge is -2.12. The quantitative estimate of drug-likeness (QED) is 0.573. The van der Waals surface area contributed by atoms with Crippen LogP contribution in [0, 0.1) is 57.3 Å². The van der Waals surface area contributed by atoms with Gasteiger partial charge in [-0.25, -0.2) is 17.6 Å². The van der Waals surface area contributed by atoms with E-state index in [1.165, 1.54) is 24.3 Å². The van der Waals surface area contributed by atoms with E-state index in [0.717, 1.165) is 5.69 Å². The second-order valence-corrected chi connectivity index (χ2v) is 5.53. The van der Waals surface area contributed by atoms with Crippen LogP contribution in [0.1, 0.15) is 19.4 Å². The minimum Gasteiger partial charge on any atom is -0.378 e. The number of hydrogen-bond donors (Lipinski definition) is 0. The van der Waals surface area contributed by atoms with Crippen molar-refractivity contribution >= 4 is 16.8 Å². The fraction of sp³-hybridized carbons (Fsp3) is 0.190. The summed E-state index contributed by atoms with van der Waals surface area (Å²) in [5.41, 5.74) is -0.984. The topological polar surface area (TPSA) is 74.6 Å². The number of rotatable bonds is 2. The van der Waals surface area contributed by atoms with Crippen molar-refractivity contribution in [2.24, 2.45) is 0 Å². The highest BCUT2D eigenvalue weighted by molar-refractivity contribution is 5.78. The van der Waals surface area contributed by atoms with Gasteiger partial charge in [0.05, 0.1) is 16.0 Å². The second-order valence-electron chi connectivity index (χ2n) is 5.53. The summed E-state index contributed by atoms with van der Waals surface area (Å²) < 4.78 is 57.5. The van der Waals surface area contributed by atoms with Crippen LogP contribution in [0.5, 0.6) is 0 Å². The van der Waals surface area contributed by atoms with Crippen molar-refractivity contribution in [1.29, 1.82) is 15.8 Å². The summed E-state index contributed by atoms with van der Waals surface area (Å²) >= 11 is 0. The summed E-state index contributed by atoms with van der Waals surface area (Å²) in [5.74, 6) is -7.56. The molecule has 0 bridgehead atoms. The Morgan fingerprint density at radius 3 is 1.48 bits per heavy atom. The maximum Gasteiger partial charge on any atom is 0.171 e. The number of anilines is 1. The fourth-order valence-corrected chi connectivity index (χ4v) is 2.40. The summed E-state index contributed by atoms with van der Waals surface area (Å²) in [6.45, 7) is 4.00. The van der Waals surface area contributed by atoms with Gasteiger partial charge in [0.25, 0.3) is 0 Å². The number of nitriles is 3. The summed E-state index contributed by atoms with van der Waals surface area (Å²) in [6.07, 6.45) is 0. The van der Waals surface area contributed by atoms with Gasteiger partial charge in [-0.15, -0.1) is 0 Å². The van der Waals surface area contributed by atoms with Crippen molar-refractivity contribution < 1.29 is 17.6 Å². The zero-order valence-electron chi connectivity index (χ0n) is 16.1. The fourth-order valence-electron chi connectivity index (χ4n) is 2.40. The molecule has 0 spiro atoms. The third-order valence-electron chi connectivity index (χ3n) is 3.77. The average Bonchev–Trinajstić information content (AvgIpc) is 2.74. The summed E-state index contributed by atoms with van der Waals surface area (Å²) in [4.78, 5) is 1.74. The zero-order valence-corrected chi connectivity index (χ0v) is 16.1.